The quantitative estimate of drug-likeness (QED) is 0.726. The maximum absolute atomic E-state index is 11.9. The van der Waals surface area contributed by atoms with Crippen LogP contribution in [-0.4, -0.2) is 68.3 Å². The highest BCUT2D eigenvalue weighted by Crippen LogP contribution is 2.08. The lowest BCUT2D eigenvalue weighted by Crippen LogP contribution is -2.53. The second-order valence-electron chi connectivity index (χ2n) is 4.86. The van der Waals surface area contributed by atoms with Gasteiger partial charge in [-0.15, -0.1) is 0 Å². The third-order valence-corrected chi connectivity index (χ3v) is 3.62. The Balaban J connectivity index is 2.19. The van der Waals surface area contributed by atoms with Gasteiger partial charge in [0, 0.05) is 52.5 Å². The summed E-state index contributed by atoms with van der Waals surface area (Å²) in [6.07, 6.45) is 2.04. The van der Waals surface area contributed by atoms with Gasteiger partial charge < -0.3 is 15.0 Å². The van der Waals surface area contributed by atoms with Crippen molar-refractivity contribution in [3.05, 3.63) is 0 Å². The zero-order valence-electron chi connectivity index (χ0n) is 11.9. The molecular formula is C13H27N3O2. The summed E-state index contributed by atoms with van der Waals surface area (Å²) in [6, 6.07) is 0.687. The average molecular weight is 257 g/mol. The highest BCUT2D eigenvalue weighted by atomic mass is 16.5. The molecular weight excluding hydrogens is 230 g/mol. The van der Waals surface area contributed by atoms with Crippen LogP contribution < -0.4 is 5.32 Å². The van der Waals surface area contributed by atoms with Crippen molar-refractivity contribution in [1.82, 2.24) is 15.1 Å². The van der Waals surface area contributed by atoms with Gasteiger partial charge in [-0.1, -0.05) is 6.92 Å². The van der Waals surface area contributed by atoms with E-state index in [9.17, 15) is 4.79 Å². The minimum atomic E-state index is 0.0647. The monoisotopic (exact) mass is 257 g/mol. The Morgan fingerprint density at radius 2 is 2.00 bits per heavy atom. The van der Waals surface area contributed by atoms with Crippen LogP contribution in [0.5, 0.6) is 0 Å². The first kappa shape index (κ1) is 15.2. The average Bonchev–Trinajstić information content (AvgIpc) is 2.42. The van der Waals surface area contributed by atoms with Crippen LogP contribution in [0.2, 0.25) is 0 Å². The predicted octanol–water partition coefficient (Wildman–Crippen LogP) is 1.15. The number of amides is 2. The first-order chi connectivity index (χ1) is 8.69. The fourth-order valence-corrected chi connectivity index (χ4v) is 2.15. The van der Waals surface area contributed by atoms with Gasteiger partial charge in [0.25, 0.3) is 0 Å². The van der Waals surface area contributed by atoms with Crippen molar-refractivity contribution >= 4 is 6.03 Å². The molecule has 0 aliphatic carbocycles. The van der Waals surface area contributed by atoms with E-state index in [2.05, 4.69) is 24.1 Å². The Morgan fingerprint density at radius 1 is 1.33 bits per heavy atom. The number of carbonyl (C=O) groups excluding carboxylic acids is 1. The topological polar surface area (TPSA) is 44.8 Å². The van der Waals surface area contributed by atoms with Crippen molar-refractivity contribution in [3.63, 3.8) is 0 Å². The van der Waals surface area contributed by atoms with Gasteiger partial charge in [-0.25, -0.2) is 4.79 Å². The van der Waals surface area contributed by atoms with Gasteiger partial charge in [-0.05, 0) is 19.8 Å². The first-order valence-electron chi connectivity index (χ1n) is 6.94. The smallest absolute Gasteiger partial charge is 0.317 e. The first-order valence-corrected chi connectivity index (χ1v) is 6.94. The predicted molar refractivity (Wildman–Crippen MR) is 72.8 cm³/mol. The largest absolute Gasteiger partial charge is 0.385 e. The third-order valence-electron chi connectivity index (χ3n) is 3.62. The lowest BCUT2D eigenvalue weighted by atomic mass is 10.2. The van der Waals surface area contributed by atoms with Crippen molar-refractivity contribution in [1.29, 1.82) is 0 Å². The zero-order valence-corrected chi connectivity index (χ0v) is 11.9. The molecule has 0 radical (unpaired) electrons. The summed E-state index contributed by atoms with van der Waals surface area (Å²) in [4.78, 5) is 16.2. The zero-order chi connectivity index (χ0) is 13.4. The number of carbonyl (C=O) groups is 1. The molecule has 18 heavy (non-hydrogen) atoms. The van der Waals surface area contributed by atoms with Gasteiger partial charge in [0.05, 0.1) is 0 Å². The fourth-order valence-electron chi connectivity index (χ4n) is 2.15. The van der Waals surface area contributed by atoms with Crippen LogP contribution in [0.25, 0.3) is 0 Å². The molecule has 1 fully saturated rings. The van der Waals surface area contributed by atoms with Crippen LogP contribution in [0.15, 0.2) is 0 Å². The summed E-state index contributed by atoms with van der Waals surface area (Å²) in [6.45, 7) is 9.49. The Bertz CT molecular complexity index is 240. The SMILES string of the molecule is CCC(C)N1CCN(C(=O)NCCCOC)CC1. The second-order valence-corrected chi connectivity index (χ2v) is 4.86. The number of hydrogen-bond donors (Lipinski definition) is 1. The molecule has 0 bridgehead atoms. The van der Waals surface area contributed by atoms with E-state index in [0.29, 0.717) is 19.2 Å². The highest BCUT2D eigenvalue weighted by Gasteiger charge is 2.22. The van der Waals surface area contributed by atoms with Crippen LogP contribution in [0.3, 0.4) is 0 Å². The van der Waals surface area contributed by atoms with Gasteiger partial charge in [0.2, 0.25) is 0 Å². The number of rotatable bonds is 6. The minimum Gasteiger partial charge on any atom is -0.385 e. The molecule has 1 aliphatic rings. The standard InChI is InChI=1S/C13H27N3O2/c1-4-12(2)15-7-9-16(10-8-15)13(17)14-6-5-11-18-3/h12H,4-11H2,1-3H3,(H,14,17). The summed E-state index contributed by atoms with van der Waals surface area (Å²) < 4.78 is 4.95. The molecule has 0 aromatic rings. The Labute approximate surface area is 110 Å². The number of urea groups is 1. The van der Waals surface area contributed by atoms with Gasteiger partial charge >= 0.3 is 6.03 Å². The Kier molecular flexibility index (Phi) is 7.05. The van der Waals surface area contributed by atoms with E-state index in [4.69, 9.17) is 4.74 Å². The molecule has 1 unspecified atom stereocenters. The van der Waals surface area contributed by atoms with Crippen LogP contribution in [0.4, 0.5) is 4.79 Å². The summed E-state index contributed by atoms with van der Waals surface area (Å²) >= 11 is 0. The summed E-state index contributed by atoms with van der Waals surface area (Å²) in [7, 11) is 1.68. The van der Waals surface area contributed by atoms with Crippen LogP contribution in [-0.2, 0) is 4.74 Å². The number of nitrogens with zero attached hydrogens (tertiary/aromatic N) is 2. The number of methoxy groups -OCH3 is 1. The Morgan fingerprint density at radius 3 is 2.56 bits per heavy atom. The van der Waals surface area contributed by atoms with Gasteiger partial charge in [-0.3, -0.25) is 4.90 Å². The molecule has 1 atom stereocenters. The highest BCUT2D eigenvalue weighted by molar-refractivity contribution is 5.74. The van der Waals surface area contributed by atoms with E-state index in [0.717, 1.165) is 32.6 Å². The fraction of sp³-hybridized carbons (Fsp3) is 0.923. The van der Waals surface area contributed by atoms with Crippen LogP contribution >= 0.6 is 0 Å². The van der Waals surface area contributed by atoms with Gasteiger partial charge in [0.15, 0.2) is 0 Å². The van der Waals surface area contributed by atoms with E-state index in [-0.39, 0.29) is 6.03 Å². The molecule has 2 amide bonds. The van der Waals surface area contributed by atoms with Crippen molar-refractivity contribution < 1.29 is 9.53 Å². The molecule has 0 spiro atoms. The summed E-state index contributed by atoms with van der Waals surface area (Å²) in [5, 5.41) is 2.93. The summed E-state index contributed by atoms with van der Waals surface area (Å²) in [5.74, 6) is 0. The lowest BCUT2D eigenvalue weighted by molar-refractivity contribution is 0.112. The van der Waals surface area contributed by atoms with E-state index >= 15 is 0 Å². The number of hydrogen-bond acceptors (Lipinski definition) is 3. The van der Waals surface area contributed by atoms with E-state index in [1.54, 1.807) is 7.11 Å². The molecule has 1 saturated heterocycles. The molecule has 5 nitrogen and oxygen atoms in total. The normalized spacial score (nSPS) is 18.7. The maximum atomic E-state index is 11.9. The molecule has 106 valence electrons. The van der Waals surface area contributed by atoms with Gasteiger partial charge in [-0.2, -0.15) is 0 Å². The van der Waals surface area contributed by atoms with Crippen molar-refractivity contribution in [2.75, 3.05) is 46.4 Å². The van der Waals surface area contributed by atoms with E-state index < -0.39 is 0 Å². The second kappa shape index (κ2) is 8.32. The number of piperazine rings is 1. The van der Waals surface area contributed by atoms with Crippen LogP contribution in [0, 0.1) is 0 Å². The number of nitrogens with one attached hydrogen (secondary N) is 1. The lowest BCUT2D eigenvalue weighted by Gasteiger charge is -2.37. The maximum Gasteiger partial charge on any atom is 0.317 e. The van der Waals surface area contributed by atoms with Crippen LogP contribution in [0.1, 0.15) is 26.7 Å². The van der Waals surface area contributed by atoms with Crippen molar-refractivity contribution in [2.45, 2.75) is 32.7 Å². The molecule has 1 N–H and O–H groups in total. The molecule has 0 aromatic heterocycles. The molecule has 1 heterocycles. The Hall–Kier alpha value is -0.810. The van der Waals surface area contributed by atoms with Gasteiger partial charge in [0.1, 0.15) is 0 Å². The number of ether oxygens (including phenoxy) is 1. The third kappa shape index (κ3) is 4.82. The van der Waals surface area contributed by atoms with E-state index in [1.807, 2.05) is 4.90 Å². The van der Waals surface area contributed by atoms with Crippen molar-refractivity contribution in [3.8, 4) is 0 Å². The van der Waals surface area contributed by atoms with E-state index in [1.165, 1.54) is 6.42 Å². The molecule has 1 rings (SSSR count). The molecule has 5 heteroatoms. The summed E-state index contributed by atoms with van der Waals surface area (Å²) in [5.41, 5.74) is 0. The molecule has 0 aromatic carbocycles. The minimum absolute atomic E-state index is 0.0647. The molecule has 0 saturated carbocycles. The molecule has 1 aliphatic heterocycles. The van der Waals surface area contributed by atoms with Crippen molar-refractivity contribution in [2.24, 2.45) is 0 Å².